The first kappa shape index (κ1) is 25.3. The Morgan fingerprint density at radius 3 is 2.23 bits per heavy atom. The van der Waals surface area contributed by atoms with Crippen LogP contribution in [0.2, 0.25) is 0 Å². The first-order chi connectivity index (χ1) is 17.0. The van der Waals surface area contributed by atoms with Gasteiger partial charge in [-0.05, 0) is 50.8 Å². The van der Waals surface area contributed by atoms with Crippen molar-refractivity contribution in [1.29, 1.82) is 0 Å². The van der Waals surface area contributed by atoms with Crippen molar-refractivity contribution in [3.63, 3.8) is 0 Å². The monoisotopic (exact) mass is 477 g/mol. The molecular formula is C28H39N5O2. The number of hydrogen-bond donors (Lipinski definition) is 0. The van der Waals surface area contributed by atoms with E-state index < -0.39 is 0 Å². The summed E-state index contributed by atoms with van der Waals surface area (Å²) in [4.78, 5) is 40.4. The lowest BCUT2D eigenvalue weighted by Gasteiger charge is -2.39. The van der Waals surface area contributed by atoms with E-state index in [1.54, 1.807) is 19.3 Å². The summed E-state index contributed by atoms with van der Waals surface area (Å²) >= 11 is 0. The summed E-state index contributed by atoms with van der Waals surface area (Å²) in [5.41, 5.74) is 3.51. The summed E-state index contributed by atoms with van der Waals surface area (Å²) in [5.74, 6) is 0.0910. The zero-order chi connectivity index (χ0) is 24.6. The molecule has 0 atom stereocenters. The van der Waals surface area contributed by atoms with Gasteiger partial charge in [-0.25, -0.2) is 4.98 Å². The van der Waals surface area contributed by atoms with Crippen molar-refractivity contribution in [1.82, 2.24) is 19.8 Å². The summed E-state index contributed by atoms with van der Waals surface area (Å²) in [5, 5.41) is 0. The van der Waals surface area contributed by atoms with E-state index in [0.29, 0.717) is 11.7 Å². The predicted octanol–water partition coefficient (Wildman–Crippen LogP) is 4.60. The van der Waals surface area contributed by atoms with Gasteiger partial charge in [-0.1, -0.05) is 43.9 Å². The van der Waals surface area contributed by atoms with E-state index in [2.05, 4.69) is 33.1 Å². The fourth-order valence-corrected chi connectivity index (χ4v) is 5.36. The molecule has 0 bridgehead atoms. The van der Waals surface area contributed by atoms with Crippen LogP contribution < -0.4 is 4.90 Å². The Morgan fingerprint density at radius 2 is 1.54 bits per heavy atom. The van der Waals surface area contributed by atoms with Crippen LogP contribution in [0.3, 0.4) is 0 Å². The molecular weight excluding hydrogens is 438 g/mol. The Morgan fingerprint density at radius 1 is 0.857 bits per heavy atom. The van der Waals surface area contributed by atoms with Gasteiger partial charge in [0.1, 0.15) is 5.69 Å². The average molecular weight is 478 g/mol. The third-order valence-electron chi connectivity index (χ3n) is 7.38. The highest BCUT2D eigenvalue weighted by Gasteiger charge is 2.29. The smallest absolute Gasteiger partial charge is 0.274 e. The molecule has 7 heteroatoms. The van der Waals surface area contributed by atoms with Crippen LogP contribution in [0.15, 0.2) is 36.7 Å². The van der Waals surface area contributed by atoms with Crippen LogP contribution in [0, 0.1) is 6.92 Å². The van der Waals surface area contributed by atoms with E-state index in [4.69, 9.17) is 0 Å². The van der Waals surface area contributed by atoms with Gasteiger partial charge in [0.25, 0.3) is 5.91 Å². The molecule has 2 aliphatic rings. The standard InChI is InChI=1S/C28H39N5O2/c1-22-19-30-26(20-29-22)28(35)31-17-13-25(14-18-31)32-15-9-5-3-4-6-10-16-33(23(2)34)27-12-8-7-11-24(27)21-32/h7-8,11-12,19-20,25H,3-6,9-10,13-18,21H2,1-2H3. The lowest BCUT2D eigenvalue weighted by molar-refractivity contribution is -0.116. The summed E-state index contributed by atoms with van der Waals surface area (Å²) in [6, 6.07) is 8.81. The zero-order valence-electron chi connectivity index (χ0n) is 21.3. The van der Waals surface area contributed by atoms with E-state index in [-0.39, 0.29) is 11.8 Å². The first-order valence-corrected chi connectivity index (χ1v) is 13.2. The zero-order valence-corrected chi connectivity index (χ0v) is 21.3. The molecule has 0 radical (unpaired) electrons. The molecule has 2 aromatic rings. The highest BCUT2D eigenvalue weighted by molar-refractivity contribution is 5.92. The quantitative estimate of drug-likeness (QED) is 0.632. The second-order valence-electron chi connectivity index (χ2n) is 9.96. The number of fused-ring (bicyclic) bond motifs is 1. The first-order valence-electron chi connectivity index (χ1n) is 13.2. The van der Waals surface area contributed by atoms with Crippen LogP contribution >= 0.6 is 0 Å². The van der Waals surface area contributed by atoms with Gasteiger partial charge in [0.15, 0.2) is 0 Å². The number of amides is 2. The minimum absolute atomic E-state index is 0.0247. The van der Waals surface area contributed by atoms with Crippen LogP contribution in [-0.4, -0.2) is 63.8 Å². The van der Waals surface area contributed by atoms with Crippen molar-refractivity contribution in [3.05, 3.63) is 53.6 Å². The molecule has 188 valence electrons. The van der Waals surface area contributed by atoms with E-state index >= 15 is 0 Å². The number of carbonyl (C=O) groups is 2. The Bertz CT molecular complexity index is 985. The molecule has 4 rings (SSSR count). The van der Waals surface area contributed by atoms with Crippen molar-refractivity contribution in [2.24, 2.45) is 0 Å². The van der Waals surface area contributed by atoms with Crippen molar-refractivity contribution in [2.75, 3.05) is 31.1 Å². The lowest BCUT2D eigenvalue weighted by atomic mass is 10.0. The summed E-state index contributed by atoms with van der Waals surface area (Å²) < 4.78 is 0. The topological polar surface area (TPSA) is 69.6 Å². The van der Waals surface area contributed by atoms with E-state index in [1.807, 2.05) is 22.8 Å². The van der Waals surface area contributed by atoms with E-state index in [1.165, 1.54) is 37.7 Å². The van der Waals surface area contributed by atoms with Crippen LogP contribution in [-0.2, 0) is 11.3 Å². The molecule has 1 fully saturated rings. The summed E-state index contributed by atoms with van der Waals surface area (Å²) in [7, 11) is 0. The number of carbonyl (C=O) groups excluding carboxylic acids is 2. The molecule has 0 saturated carbocycles. The number of aryl methyl sites for hydroxylation is 1. The van der Waals surface area contributed by atoms with Gasteiger partial charge in [0.05, 0.1) is 11.9 Å². The molecule has 1 aromatic carbocycles. The predicted molar refractivity (Wildman–Crippen MR) is 138 cm³/mol. The minimum Gasteiger partial charge on any atom is -0.337 e. The van der Waals surface area contributed by atoms with E-state index in [0.717, 1.165) is 63.4 Å². The summed E-state index contributed by atoms with van der Waals surface area (Å²) in [6.07, 6.45) is 12.3. The van der Waals surface area contributed by atoms with Gasteiger partial charge in [-0.3, -0.25) is 19.5 Å². The molecule has 0 N–H and O–H groups in total. The lowest BCUT2D eigenvalue weighted by Crippen LogP contribution is -2.47. The van der Waals surface area contributed by atoms with Gasteiger partial charge in [0, 0.05) is 51.0 Å². The van der Waals surface area contributed by atoms with Crippen LogP contribution in [0.1, 0.15) is 80.0 Å². The number of nitrogens with zero attached hydrogens (tertiary/aromatic N) is 5. The second-order valence-corrected chi connectivity index (χ2v) is 9.96. The number of rotatable bonds is 2. The maximum atomic E-state index is 12.9. The minimum atomic E-state index is -0.0247. The van der Waals surface area contributed by atoms with Crippen LogP contribution in [0.25, 0.3) is 0 Å². The number of piperidine rings is 1. The molecule has 1 saturated heterocycles. The van der Waals surface area contributed by atoms with Gasteiger partial charge in [-0.2, -0.15) is 0 Å². The van der Waals surface area contributed by atoms with E-state index in [9.17, 15) is 9.59 Å². The molecule has 2 amide bonds. The third kappa shape index (κ3) is 6.66. The summed E-state index contributed by atoms with van der Waals surface area (Å²) in [6.45, 7) is 7.69. The number of hydrogen-bond acceptors (Lipinski definition) is 5. The number of aromatic nitrogens is 2. The maximum absolute atomic E-state index is 12.9. The van der Waals surface area contributed by atoms with Crippen molar-refractivity contribution < 1.29 is 9.59 Å². The maximum Gasteiger partial charge on any atom is 0.274 e. The Balaban J connectivity index is 1.48. The molecule has 2 aliphatic heterocycles. The normalized spacial score (nSPS) is 19.3. The SMILES string of the molecule is CC(=O)N1CCCCCCCCN(C2CCN(C(=O)c3cnc(C)cn3)CC2)Cc2ccccc21. The van der Waals surface area contributed by atoms with Gasteiger partial charge in [-0.15, -0.1) is 0 Å². The molecule has 7 nitrogen and oxygen atoms in total. The Kier molecular flexibility index (Phi) is 8.85. The van der Waals surface area contributed by atoms with Gasteiger partial charge in [0.2, 0.25) is 5.91 Å². The number of anilines is 1. The number of para-hydroxylation sites is 1. The largest absolute Gasteiger partial charge is 0.337 e. The fourth-order valence-electron chi connectivity index (χ4n) is 5.36. The Labute approximate surface area is 209 Å². The number of benzene rings is 1. The van der Waals surface area contributed by atoms with Gasteiger partial charge >= 0.3 is 0 Å². The van der Waals surface area contributed by atoms with Crippen LogP contribution in [0.5, 0.6) is 0 Å². The molecule has 1 aromatic heterocycles. The van der Waals surface area contributed by atoms with Gasteiger partial charge < -0.3 is 9.80 Å². The van der Waals surface area contributed by atoms with Crippen LogP contribution in [0.4, 0.5) is 5.69 Å². The third-order valence-corrected chi connectivity index (χ3v) is 7.38. The highest BCUT2D eigenvalue weighted by Crippen LogP contribution is 2.27. The fraction of sp³-hybridized carbons (Fsp3) is 0.571. The van der Waals surface area contributed by atoms with Crippen molar-refractivity contribution >= 4 is 17.5 Å². The molecule has 35 heavy (non-hydrogen) atoms. The molecule has 0 aliphatic carbocycles. The molecule has 3 heterocycles. The Hall–Kier alpha value is -2.80. The highest BCUT2D eigenvalue weighted by atomic mass is 16.2. The molecule has 0 spiro atoms. The average Bonchev–Trinajstić information content (AvgIpc) is 2.89. The van der Waals surface area contributed by atoms with Crippen molar-refractivity contribution in [2.45, 2.75) is 77.8 Å². The second kappa shape index (κ2) is 12.2. The number of likely N-dealkylation sites (tertiary alicyclic amines) is 1. The van der Waals surface area contributed by atoms with Crippen molar-refractivity contribution in [3.8, 4) is 0 Å². The molecule has 0 unspecified atom stereocenters.